The van der Waals surface area contributed by atoms with Crippen molar-refractivity contribution in [1.29, 1.82) is 0 Å². The van der Waals surface area contributed by atoms with E-state index in [4.69, 9.17) is 14.2 Å². The molecule has 0 aliphatic heterocycles. The second-order valence-corrected chi connectivity index (χ2v) is 6.23. The SMILES string of the molecule is CN=Cc1cccc(C)c1Pc1cccc(OC)c1OCOC. The molecule has 0 N–H and O–H groups in total. The van der Waals surface area contributed by atoms with Gasteiger partial charge in [-0.05, 0) is 23.9 Å². The van der Waals surface area contributed by atoms with Gasteiger partial charge in [-0.25, -0.2) is 0 Å². The van der Waals surface area contributed by atoms with Crippen LogP contribution in [-0.4, -0.2) is 34.3 Å². The second-order valence-electron chi connectivity index (χ2n) is 4.94. The Bertz CT molecular complexity index is 686. The van der Waals surface area contributed by atoms with E-state index in [1.165, 1.54) is 10.9 Å². The summed E-state index contributed by atoms with van der Waals surface area (Å²) in [5.74, 6) is 1.45. The van der Waals surface area contributed by atoms with Crippen LogP contribution in [0.25, 0.3) is 0 Å². The maximum Gasteiger partial charge on any atom is 0.188 e. The average molecular weight is 331 g/mol. The summed E-state index contributed by atoms with van der Waals surface area (Å²) >= 11 is 0. The van der Waals surface area contributed by atoms with Gasteiger partial charge in [0.1, 0.15) is 0 Å². The van der Waals surface area contributed by atoms with Crippen LogP contribution in [-0.2, 0) is 4.74 Å². The molecule has 1 atom stereocenters. The minimum atomic E-state index is 0.189. The molecule has 2 aromatic carbocycles. The van der Waals surface area contributed by atoms with E-state index < -0.39 is 0 Å². The fourth-order valence-corrected chi connectivity index (χ4v) is 3.61. The van der Waals surface area contributed by atoms with Crippen LogP contribution in [0.5, 0.6) is 11.5 Å². The maximum absolute atomic E-state index is 5.75. The Labute approximate surface area is 139 Å². The molecule has 0 saturated carbocycles. The standard InChI is InChI=1S/C18H22NO3P/c1-13-7-5-8-14(11-19-2)18(13)23-16-10-6-9-15(21-4)17(16)22-12-20-3/h5-11,23H,12H2,1-4H3. The number of methoxy groups -OCH3 is 2. The predicted molar refractivity (Wildman–Crippen MR) is 97.8 cm³/mol. The highest BCUT2D eigenvalue weighted by Gasteiger charge is 2.14. The molecule has 0 amide bonds. The van der Waals surface area contributed by atoms with Crippen LogP contribution in [0, 0.1) is 6.92 Å². The van der Waals surface area contributed by atoms with Gasteiger partial charge < -0.3 is 14.2 Å². The maximum atomic E-state index is 5.75. The third kappa shape index (κ3) is 4.31. The summed E-state index contributed by atoms with van der Waals surface area (Å²) in [5, 5.41) is 2.34. The number of aryl methyl sites for hydroxylation is 1. The number of benzene rings is 2. The molecular weight excluding hydrogens is 309 g/mol. The molecule has 2 aromatic rings. The zero-order valence-electron chi connectivity index (χ0n) is 13.9. The van der Waals surface area contributed by atoms with Crippen molar-refractivity contribution >= 4 is 25.4 Å². The first-order valence-electron chi connectivity index (χ1n) is 7.28. The van der Waals surface area contributed by atoms with Crippen molar-refractivity contribution in [2.75, 3.05) is 28.1 Å². The molecule has 1 unspecified atom stereocenters. The molecule has 0 spiro atoms. The lowest BCUT2D eigenvalue weighted by Crippen LogP contribution is -2.15. The van der Waals surface area contributed by atoms with Gasteiger partial charge in [-0.2, -0.15) is 0 Å². The lowest BCUT2D eigenvalue weighted by molar-refractivity contribution is 0.0500. The molecule has 0 radical (unpaired) electrons. The van der Waals surface area contributed by atoms with Gasteiger partial charge in [0.05, 0.1) is 7.11 Å². The number of para-hydroxylation sites is 1. The molecule has 122 valence electrons. The summed E-state index contributed by atoms with van der Waals surface area (Å²) in [6, 6.07) is 12.2. The smallest absolute Gasteiger partial charge is 0.188 e. The Morgan fingerprint density at radius 2 is 1.91 bits per heavy atom. The lowest BCUT2D eigenvalue weighted by atomic mass is 10.1. The third-order valence-electron chi connectivity index (χ3n) is 3.35. The van der Waals surface area contributed by atoms with Crippen molar-refractivity contribution in [2.24, 2.45) is 4.99 Å². The van der Waals surface area contributed by atoms with Crippen molar-refractivity contribution < 1.29 is 14.2 Å². The van der Waals surface area contributed by atoms with E-state index in [0.717, 1.165) is 16.6 Å². The normalized spacial score (nSPS) is 11.5. The summed E-state index contributed by atoms with van der Waals surface area (Å²) in [5.41, 5.74) is 2.37. The van der Waals surface area contributed by atoms with E-state index in [9.17, 15) is 0 Å². The second kappa shape index (κ2) is 8.66. The number of nitrogens with zero attached hydrogens (tertiary/aromatic N) is 1. The Morgan fingerprint density at radius 1 is 1.13 bits per heavy atom. The Balaban J connectivity index is 2.44. The van der Waals surface area contributed by atoms with Gasteiger partial charge in [0.15, 0.2) is 18.3 Å². The van der Waals surface area contributed by atoms with Gasteiger partial charge in [-0.1, -0.05) is 38.9 Å². The molecule has 0 fully saturated rings. The minimum absolute atomic E-state index is 0.189. The summed E-state index contributed by atoms with van der Waals surface area (Å²) < 4.78 is 16.2. The van der Waals surface area contributed by atoms with Crippen LogP contribution in [0.4, 0.5) is 0 Å². The zero-order chi connectivity index (χ0) is 16.7. The summed E-state index contributed by atoms with van der Waals surface area (Å²) in [7, 11) is 5.48. The molecule has 4 nitrogen and oxygen atoms in total. The zero-order valence-corrected chi connectivity index (χ0v) is 14.9. The minimum Gasteiger partial charge on any atom is -0.493 e. The molecular formula is C18H22NO3P. The van der Waals surface area contributed by atoms with E-state index in [1.807, 2.05) is 24.4 Å². The largest absolute Gasteiger partial charge is 0.493 e. The van der Waals surface area contributed by atoms with E-state index in [-0.39, 0.29) is 6.79 Å². The van der Waals surface area contributed by atoms with Gasteiger partial charge in [-0.15, -0.1) is 0 Å². The van der Waals surface area contributed by atoms with Crippen molar-refractivity contribution in [3.8, 4) is 11.5 Å². The first-order chi connectivity index (χ1) is 11.2. The fraction of sp³-hybridized carbons (Fsp3) is 0.278. The lowest BCUT2D eigenvalue weighted by Gasteiger charge is -2.16. The molecule has 0 aliphatic carbocycles. The molecule has 23 heavy (non-hydrogen) atoms. The van der Waals surface area contributed by atoms with Crippen molar-refractivity contribution in [3.63, 3.8) is 0 Å². The number of hydrogen-bond donors (Lipinski definition) is 0. The highest BCUT2D eigenvalue weighted by molar-refractivity contribution is 7.56. The molecule has 0 saturated heterocycles. The molecule has 5 heteroatoms. The van der Waals surface area contributed by atoms with Gasteiger partial charge in [0.2, 0.25) is 0 Å². The van der Waals surface area contributed by atoms with E-state index in [2.05, 4.69) is 30.1 Å². The fourth-order valence-electron chi connectivity index (χ4n) is 2.28. The molecule has 0 heterocycles. The van der Waals surface area contributed by atoms with Gasteiger partial charge in [0.25, 0.3) is 0 Å². The van der Waals surface area contributed by atoms with Crippen molar-refractivity contribution in [1.82, 2.24) is 0 Å². The summed E-state index contributed by atoms with van der Waals surface area (Å²) in [4.78, 5) is 4.16. The Kier molecular flexibility index (Phi) is 6.57. The average Bonchev–Trinajstić information content (AvgIpc) is 2.56. The molecule has 0 aromatic heterocycles. The van der Waals surface area contributed by atoms with Crippen molar-refractivity contribution in [3.05, 3.63) is 47.5 Å². The first kappa shape index (κ1) is 17.5. The molecule has 0 bridgehead atoms. The van der Waals surface area contributed by atoms with Crippen LogP contribution >= 0.6 is 8.58 Å². The third-order valence-corrected chi connectivity index (χ3v) is 4.95. The van der Waals surface area contributed by atoms with Crippen LogP contribution in [0.15, 0.2) is 41.4 Å². The number of hydrogen-bond acceptors (Lipinski definition) is 4. The summed E-state index contributed by atoms with van der Waals surface area (Å²) in [6.45, 7) is 2.31. The van der Waals surface area contributed by atoms with Crippen LogP contribution in [0.3, 0.4) is 0 Å². The predicted octanol–water partition coefficient (Wildman–Crippen LogP) is 2.66. The monoisotopic (exact) mass is 331 g/mol. The van der Waals surface area contributed by atoms with Gasteiger partial charge >= 0.3 is 0 Å². The van der Waals surface area contributed by atoms with Crippen LogP contribution in [0.2, 0.25) is 0 Å². The number of rotatable bonds is 7. The Hall–Kier alpha value is -1.90. The quantitative estimate of drug-likeness (QED) is 0.445. The molecule has 0 aliphatic rings. The van der Waals surface area contributed by atoms with Gasteiger partial charge in [0, 0.05) is 31.2 Å². The summed E-state index contributed by atoms with van der Waals surface area (Å²) in [6.07, 6.45) is 1.89. The van der Waals surface area contributed by atoms with E-state index in [1.54, 1.807) is 21.3 Å². The van der Waals surface area contributed by atoms with E-state index >= 15 is 0 Å². The highest BCUT2D eigenvalue weighted by atomic mass is 31.1. The topological polar surface area (TPSA) is 40.0 Å². The first-order valence-corrected chi connectivity index (χ1v) is 8.28. The van der Waals surface area contributed by atoms with Gasteiger partial charge in [-0.3, -0.25) is 4.99 Å². The van der Waals surface area contributed by atoms with Crippen LogP contribution < -0.4 is 20.1 Å². The Morgan fingerprint density at radius 3 is 2.61 bits per heavy atom. The van der Waals surface area contributed by atoms with Crippen LogP contribution in [0.1, 0.15) is 11.1 Å². The van der Waals surface area contributed by atoms with Crippen molar-refractivity contribution in [2.45, 2.75) is 6.92 Å². The highest BCUT2D eigenvalue weighted by Crippen LogP contribution is 2.30. The number of ether oxygens (including phenoxy) is 3. The van der Waals surface area contributed by atoms with E-state index in [0.29, 0.717) is 14.3 Å². The number of aliphatic imine (C=N–C) groups is 1. The molecule has 2 rings (SSSR count).